The monoisotopic (exact) mass is 464 g/mol. The minimum atomic E-state index is -1.07. The molecule has 9 heteroatoms. The second-order valence-corrected chi connectivity index (χ2v) is 7.45. The molecule has 1 heterocycles. The van der Waals surface area contributed by atoms with Crippen molar-refractivity contribution in [1.82, 2.24) is 9.80 Å². The van der Waals surface area contributed by atoms with Crippen molar-refractivity contribution in [2.75, 3.05) is 39.9 Å². The number of amides is 2. The van der Waals surface area contributed by atoms with Crippen molar-refractivity contribution in [1.29, 1.82) is 0 Å². The Morgan fingerprint density at radius 3 is 2.38 bits per heavy atom. The normalized spacial score (nSPS) is 14.0. The van der Waals surface area contributed by atoms with Crippen LogP contribution in [0.5, 0.6) is 11.5 Å². The molecule has 1 saturated heterocycles. The van der Waals surface area contributed by atoms with Crippen LogP contribution >= 0.6 is 11.6 Å². The molecule has 0 aliphatic carbocycles. The van der Waals surface area contributed by atoms with Crippen molar-refractivity contribution in [2.24, 2.45) is 0 Å². The van der Waals surface area contributed by atoms with E-state index in [-0.39, 0.29) is 11.5 Å². The number of piperazine rings is 1. The number of hydrogen-bond donors (Lipinski definition) is 0. The van der Waals surface area contributed by atoms with E-state index in [4.69, 9.17) is 21.1 Å². The van der Waals surface area contributed by atoms with Crippen LogP contribution in [0.2, 0.25) is 5.02 Å². The molecule has 0 atom stereocenters. The molecule has 0 radical (unpaired) electrons. The third kappa shape index (κ3) is 5.37. The SMILES string of the molecule is CCOc1c(Cl)cc(/C=C/C(=O)N2CCN(C(=O)c3ccc(F)c(F)c3)CC2)cc1OC. The van der Waals surface area contributed by atoms with E-state index in [2.05, 4.69) is 0 Å². The Morgan fingerprint density at radius 1 is 1.06 bits per heavy atom. The van der Waals surface area contributed by atoms with E-state index in [1.165, 1.54) is 24.2 Å². The number of nitrogens with zero attached hydrogens (tertiary/aromatic N) is 2. The quantitative estimate of drug-likeness (QED) is 0.606. The van der Waals surface area contributed by atoms with Crippen LogP contribution in [0.15, 0.2) is 36.4 Å². The van der Waals surface area contributed by atoms with E-state index in [1.807, 2.05) is 6.92 Å². The van der Waals surface area contributed by atoms with Crippen LogP contribution in [-0.4, -0.2) is 61.5 Å². The number of hydrogen-bond acceptors (Lipinski definition) is 4. The zero-order valence-corrected chi connectivity index (χ0v) is 18.5. The van der Waals surface area contributed by atoms with Crippen molar-refractivity contribution in [3.63, 3.8) is 0 Å². The molecule has 0 N–H and O–H groups in total. The summed E-state index contributed by atoms with van der Waals surface area (Å²) < 4.78 is 37.3. The molecule has 2 amide bonds. The molecule has 3 rings (SSSR count). The average Bonchev–Trinajstić information content (AvgIpc) is 2.80. The fourth-order valence-corrected chi connectivity index (χ4v) is 3.61. The van der Waals surface area contributed by atoms with Gasteiger partial charge in [0.1, 0.15) is 0 Å². The molecular weight excluding hydrogens is 442 g/mol. The van der Waals surface area contributed by atoms with E-state index < -0.39 is 17.5 Å². The topological polar surface area (TPSA) is 59.1 Å². The van der Waals surface area contributed by atoms with Crippen LogP contribution in [0, 0.1) is 11.6 Å². The fraction of sp³-hybridized carbons (Fsp3) is 0.304. The third-order valence-electron chi connectivity index (χ3n) is 5.00. The second-order valence-electron chi connectivity index (χ2n) is 7.05. The second kappa shape index (κ2) is 10.5. The highest BCUT2D eigenvalue weighted by Crippen LogP contribution is 2.36. The van der Waals surface area contributed by atoms with Gasteiger partial charge in [-0.05, 0) is 48.9 Å². The number of halogens is 3. The molecule has 0 bridgehead atoms. The molecule has 32 heavy (non-hydrogen) atoms. The van der Waals surface area contributed by atoms with Crippen LogP contribution in [0.3, 0.4) is 0 Å². The Balaban J connectivity index is 1.61. The number of rotatable bonds is 6. The maximum absolute atomic E-state index is 13.4. The Labute approximate surface area is 190 Å². The molecule has 1 fully saturated rings. The largest absolute Gasteiger partial charge is 0.493 e. The van der Waals surface area contributed by atoms with Gasteiger partial charge in [0, 0.05) is 37.8 Å². The van der Waals surface area contributed by atoms with Crippen LogP contribution in [-0.2, 0) is 4.79 Å². The van der Waals surface area contributed by atoms with Gasteiger partial charge in [0.25, 0.3) is 5.91 Å². The maximum Gasteiger partial charge on any atom is 0.254 e. The van der Waals surface area contributed by atoms with Gasteiger partial charge < -0.3 is 19.3 Å². The summed E-state index contributed by atoms with van der Waals surface area (Å²) in [5, 5.41) is 0.377. The van der Waals surface area contributed by atoms with E-state index in [1.54, 1.807) is 23.1 Å². The Hall–Kier alpha value is -3.13. The summed E-state index contributed by atoms with van der Waals surface area (Å²) in [6.45, 7) is 3.51. The molecule has 2 aromatic carbocycles. The van der Waals surface area contributed by atoms with Crippen molar-refractivity contribution in [3.05, 3.63) is 64.2 Å². The fourth-order valence-electron chi connectivity index (χ4n) is 3.34. The lowest BCUT2D eigenvalue weighted by molar-refractivity contribution is -0.127. The molecule has 1 aliphatic heterocycles. The van der Waals surface area contributed by atoms with Crippen LogP contribution in [0.4, 0.5) is 8.78 Å². The summed E-state index contributed by atoms with van der Waals surface area (Å²) in [5.74, 6) is -1.77. The summed E-state index contributed by atoms with van der Waals surface area (Å²) >= 11 is 6.25. The van der Waals surface area contributed by atoms with E-state index in [0.717, 1.165) is 12.1 Å². The van der Waals surface area contributed by atoms with E-state index >= 15 is 0 Å². The van der Waals surface area contributed by atoms with Crippen LogP contribution < -0.4 is 9.47 Å². The lowest BCUT2D eigenvalue weighted by atomic mass is 10.1. The smallest absolute Gasteiger partial charge is 0.254 e. The van der Waals surface area contributed by atoms with Gasteiger partial charge in [-0.25, -0.2) is 8.78 Å². The molecule has 0 saturated carbocycles. The Bertz CT molecular complexity index is 1040. The Morgan fingerprint density at radius 2 is 1.75 bits per heavy atom. The first-order chi connectivity index (χ1) is 15.3. The molecular formula is C23H23ClF2N2O4. The first-order valence-electron chi connectivity index (χ1n) is 10.1. The molecule has 0 spiro atoms. The number of benzene rings is 2. The standard InChI is InChI=1S/C23H23ClF2N2O4/c1-3-32-22-17(24)12-15(13-20(22)31-2)4-7-21(29)27-8-10-28(11-9-27)23(30)16-5-6-18(25)19(26)14-16/h4-7,12-14H,3,8-11H2,1-2H3/b7-4+. The molecule has 2 aromatic rings. The number of methoxy groups -OCH3 is 1. The van der Waals surface area contributed by atoms with Gasteiger partial charge in [0.05, 0.1) is 18.7 Å². The first-order valence-corrected chi connectivity index (χ1v) is 10.4. The van der Waals surface area contributed by atoms with E-state index in [0.29, 0.717) is 54.9 Å². The predicted molar refractivity (Wildman–Crippen MR) is 117 cm³/mol. The lowest BCUT2D eigenvalue weighted by Crippen LogP contribution is -2.50. The van der Waals surface area contributed by atoms with Gasteiger partial charge in [-0.3, -0.25) is 9.59 Å². The van der Waals surface area contributed by atoms with Crippen LogP contribution in [0.25, 0.3) is 6.08 Å². The Kier molecular flexibility index (Phi) is 7.69. The zero-order chi connectivity index (χ0) is 23.3. The van der Waals surface area contributed by atoms with Crippen molar-refractivity contribution in [3.8, 4) is 11.5 Å². The first kappa shape index (κ1) is 23.5. The van der Waals surface area contributed by atoms with Gasteiger partial charge in [0.15, 0.2) is 23.1 Å². The number of ether oxygens (including phenoxy) is 2. The minimum Gasteiger partial charge on any atom is -0.493 e. The average molecular weight is 465 g/mol. The van der Waals surface area contributed by atoms with Gasteiger partial charge >= 0.3 is 0 Å². The summed E-state index contributed by atoms with van der Waals surface area (Å²) in [4.78, 5) is 28.2. The molecule has 170 valence electrons. The highest BCUT2D eigenvalue weighted by atomic mass is 35.5. The number of carbonyl (C=O) groups excluding carboxylic acids is 2. The third-order valence-corrected chi connectivity index (χ3v) is 5.28. The minimum absolute atomic E-state index is 0.0740. The summed E-state index contributed by atoms with van der Waals surface area (Å²) in [6.07, 6.45) is 3.06. The van der Waals surface area contributed by atoms with Crippen molar-refractivity contribution >= 4 is 29.5 Å². The molecule has 0 unspecified atom stereocenters. The molecule has 0 aromatic heterocycles. The van der Waals surface area contributed by atoms with Crippen molar-refractivity contribution < 1.29 is 27.8 Å². The number of carbonyl (C=O) groups is 2. The highest BCUT2D eigenvalue weighted by Gasteiger charge is 2.24. The predicted octanol–water partition coefficient (Wildman–Crippen LogP) is 4.02. The summed E-state index contributed by atoms with van der Waals surface area (Å²) in [5.41, 5.74) is 0.751. The van der Waals surface area contributed by atoms with Gasteiger partial charge in [-0.2, -0.15) is 0 Å². The zero-order valence-electron chi connectivity index (χ0n) is 17.7. The van der Waals surface area contributed by atoms with Gasteiger partial charge in [-0.1, -0.05) is 11.6 Å². The molecule has 1 aliphatic rings. The van der Waals surface area contributed by atoms with E-state index in [9.17, 15) is 18.4 Å². The molecule has 6 nitrogen and oxygen atoms in total. The van der Waals surface area contributed by atoms with Crippen molar-refractivity contribution in [2.45, 2.75) is 6.92 Å². The van der Waals surface area contributed by atoms with Gasteiger partial charge in [0.2, 0.25) is 5.91 Å². The maximum atomic E-state index is 13.4. The van der Waals surface area contributed by atoms with Gasteiger partial charge in [-0.15, -0.1) is 0 Å². The lowest BCUT2D eigenvalue weighted by Gasteiger charge is -2.34. The highest BCUT2D eigenvalue weighted by molar-refractivity contribution is 6.32. The summed E-state index contributed by atoms with van der Waals surface area (Å²) in [7, 11) is 1.51. The summed E-state index contributed by atoms with van der Waals surface area (Å²) in [6, 6.07) is 6.46. The van der Waals surface area contributed by atoms with Crippen LogP contribution in [0.1, 0.15) is 22.8 Å².